The lowest BCUT2D eigenvalue weighted by atomic mass is 10.0. The van der Waals surface area contributed by atoms with Crippen molar-refractivity contribution in [3.05, 3.63) is 29.3 Å². The molecule has 6 nitrogen and oxygen atoms in total. The first-order chi connectivity index (χ1) is 11.0. The van der Waals surface area contributed by atoms with Gasteiger partial charge in [-0.1, -0.05) is 11.2 Å². The van der Waals surface area contributed by atoms with Crippen LogP contribution in [0.4, 0.5) is 13.2 Å². The summed E-state index contributed by atoms with van der Waals surface area (Å²) in [6, 6.07) is 2.34. The molecular formula is C13H11ClF3NO5S. The fourth-order valence-electron chi connectivity index (χ4n) is 2.00. The minimum Gasteiger partial charge on any atom is -0.387 e. The van der Waals surface area contributed by atoms with Gasteiger partial charge in [-0.25, -0.2) is 0 Å². The van der Waals surface area contributed by atoms with Crippen LogP contribution in [0.2, 0.25) is 0 Å². The molecule has 1 aromatic carbocycles. The van der Waals surface area contributed by atoms with Crippen LogP contribution in [-0.4, -0.2) is 32.0 Å². The highest BCUT2D eigenvalue weighted by atomic mass is 35.5. The highest BCUT2D eigenvalue weighted by Gasteiger charge is 2.34. The Morgan fingerprint density at radius 2 is 2.12 bits per heavy atom. The minimum absolute atomic E-state index is 0.0141. The van der Waals surface area contributed by atoms with Crippen molar-refractivity contribution in [2.75, 3.05) is 12.1 Å². The number of hydrogen-bond donors (Lipinski definition) is 0. The van der Waals surface area contributed by atoms with Crippen LogP contribution in [0.25, 0.3) is 0 Å². The number of rotatable bonds is 5. The van der Waals surface area contributed by atoms with Crippen molar-refractivity contribution in [2.24, 2.45) is 5.16 Å². The van der Waals surface area contributed by atoms with Gasteiger partial charge in [-0.05, 0) is 12.1 Å². The molecule has 1 heterocycles. The van der Waals surface area contributed by atoms with E-state index in [1.807, 2.05) is 0 Å². The van der Waals surface area contributed by atoms with Gasteiger partial charge in [-0.15, -0.1) is 11.6 Å². The average molecular weight is 386 g/mol. The minimum atomic E-state index is -4.68. The number of carbonyl (C=O) groups is 1. The highest BCUT2D eigenvalue weighted by Crippen LogP contribution is 2.39. The van der Waals surface area contributed by atoms with Crippen molar-refractivity contribution >= 4 is 33.2 Å². The predicted octanol–water partition coefficient (Wildman–Crippen LogP) is 2.67. The lowest BCUT2D eigenvalue weighted by molar-refractivity contribution is -0.137. The second-order valence-electron chi connectivity index (χ2n) is 4.93. The maximum atomic E-state index is 12.8. The first-order valence-electron chi connectivity index (χ1n) is 6.43. The maximum absolute atomic E-state index is 12.8. The van der Waals surface area contributed by atoms with E-state index in [2.05, 4.69) is 9.34 Å². The zero-order valence-corrected chi connectivity index (χ0v) is 13.7. The predicted molar refractivity (Wildman–Crippen MR) is 78.5 cm³/mol. The van der Waals surface area contributed by atoms with Gasteiger partial charge < -0.3 is 9.02 Å². The molecular weight excluding hydrogens is 375 g/mol. The summed E-state index contributed by atoms with van der Waals surface area (Å²) in [5, 5.41) is 3.53. The Morgan fingerprint density at radius 1 is 1.46 bits per heavy atom. The van der Waals surface area contributed by atoms with Crippen LogP contribution >= 0.6 is 11.6 Å². The van der Waals surface area contributed by atoms with E-state index >= 15 is 0 Å². The van der Waals surface area contributed by atoms with E-state index in [1.54, 1.807) is 0 Å². The van der Waals surface area contributed by atoms with Gasteiger partial charge in [0, 0.05) is 12.0 Å². The molecule has 0 N–H and O–H groups in total. The smallest absolute Gasteiger partial charge is 0.387 e. The number of benzene rings is 1. The van der Waals surface area contributed by atoms with Gasteiger partial charge in [0.05, 0.1) is 17.7 Å². The lowest BCUT2D eigenvalue weighted by Crippen LogP contribution is -2.15. The molecule has 0 saturated carbocycles. The van der Waals surface area contributed by atoms with Crippen molar-refractivity contribution in [3.63, 3.8) is 0 Å². The summed E-state index contributed by atoms with van der Waals surface area (Å²) >= 11 is 5.40. The number of Topliss-reactive ketones (excluding diaryl/α,β-unsaturated/α-hetero) is 1. The third-order valence-electron chi connectivity index (χ3n) is 3.04. The largest absolute Gasteiger partial charge is 0.416 e. The van der Waals surface area contributed by atoms with Gasteiger partial charge in [0.15, 0.2) is 11.9 Å². The van der Waals surface area contributed by atoms with Crippen molar-refractivity contribution < 1.29 is 35.4 Å². The van der Waals surface area contributed by atoms with Gasteiger partial charge in [0.1, 0.15) is 11.5 Å². The van der Waals surface area contributed by atoms with E-state index in [9.17, 15) is 26.4 Å². The van der Waals surface area contributed by atoms with E-state index in [-0.39, 0.29) is 23.6 Å². The topological polar surface area (TPSA) is 82.0 Å². The molecule has 0 spiro atoms. The quantitative estimate of drug-likeness (QED) is 0.575. The molecule has 24 heavy (non-hydrogen) atoms. The van der Waals surface area contributed by atoms with Crippen LogP contribution < -0.4 is 4.18 Å². The Morgan fingerprint density at radius 3 is 2.67 bits per heavy atom. The summed E-state index contributed by atoms with van der Waals surface area (Å²) < 4.78 is 65.7. The molecule has 132 valence electrons. The summed E-state index contributed by atoms with van der Waals surface area (Å²) in [5.41, 5.74) is -1.05. The van der Waals surface area contributed by atoms with Gasteiger partial charge in [-0.3, -0.25) is 4.79 Å². The van der Waals surface area contributed by atoms with Crippen LogP contribution in [0, 0.1) is 0 Å². The Balaban J connectivity index is 2.38. The van der Waals surface area contributed by atoms with Crippen LogP contribution in [0.15, 0.2) is 23.4 Å². The highest BCUT2D eigenvalue weighted by molar-refractivity contribution is 7.86. The lowest BCUT2D eigenvalue weighted by Gasteiger charge is -2.16. The Kier molecular flexibility index (Phi) is 5.09. The van der Waals surface area contributed by atoms with E-state index < -0.39 is 39.5 Å². The number of oxime groups is 1. The SMILES string of the molecule is CS(=O)(=O)Oc1cc(C(F)(F)F)ccc1[C@@H]1CC(C(=O)CCl)=NO1. The summed E-state index contributed by atoms with van der Waals surface area (Å²) in [5.74, 6) is -1.35. The van der Waals surface area contributed by atoms with Crippen molar-refractivity contribution in [3.8, 4) is 5.75 Å². The molecule has 1 aliphatic rings. The van der Waals surface area contributed by atoms with Gasteiger partial charge in [-0.2, -0.15) is 21.6 Å². The molecule has 0 aliphatic carbocycles. The fourth-order valence-corrected chi connectivity index (χ4v) is 2.62. The molecule has 0 bridgehead atoms. The van der Waals surface area contributed by atoms with Crippen molar-refractivity contribution in [2.45, 2.75) is 18.7 Å². The zero-order chi connectivity index (χ0) is 18.1. The fraction of sp³-hybridized carbons (Fsp3) is 0.385. The van der Waals surface area contributed by atoms with Crippen LogP contribution in [-0.2, 0) is 25.9 Å². The summed E-state index contributed by atoms with van der Waals surface area (Å²) in [6.45, 7) is 0. The molecule has 0 unspecified atom stereocenters. The van der Waals surface area contributed by atoms with Crippen LogP contribution in [0.3, 0.4) is 0 Å². The molecule has 0 radical (unpaired) electrons. The first kappa shape index (κ1) is 18.5. The molecule has 2 rings (SSSR count). The van der Waals surface area contributed by atoms with Gasteiger partial charge in [0.25, 0.3) is 0 Å². The summed E-state index contributed by atoms with van der Waals surface area (Å²) in [7, 11) is -4.07. The van der Waals surface area contributed by atoms with E-state index in [0.717, 1.165) is 12.1 Å². The van der Waals surface area contributed by atoms with E-state index in [1.165, 1.54) is 0 Å². The second-order valence-corrected chi connectivity index (χ2v) is 6.77. The maximum Gasteiger partial charge on any atom is 0.416 e. The normalized spacial score (nSPS) is 18.0. The van der Waals surface area contributed by atoms with Gasteiger partial charge in [0.2, 0.25) is 0 Å². The number of halogens is 4. The number of carbonyl (C=O) groups excluding carboxylic acids is 1. The molecule has 0 amide bonds. The van der Waals surface area contributed by atoms with E-state index in [0.29, 0.717) is 12.3 Å². The summed E-state index contributed by atoms with van der Waals surface area (Å²) in [6.07, 6.45) is -4.99. The summed E-state index contributed by atoms with van der Waals surface area (Å²) in [4.78, 5) is 16.5. The van der Waals surface area contributed by atoms with Gasteiger partial charge >= 0.3 is 16.3 Å². The van der Waals surface area contributed by atoms with Crippen molar-refractivity contribution in [1.29, 1.82) is 0 Å². The van der Waals surface area contributed by atoms with Crippen LogP contribution in [0.5, 0.6) is 5.75 Å². The van der Waals surface area contributed by atoms with E-state index in [4.69, 9.17) is 16.4 Å². The van der Waals surface area contributed by atoms with Crippen molar-refractivity contribution in [1.82, 2.24) is 0 Å². The second kappa shape index (κ2) is 6.60. The molecule has 1 aliphatic heterocycles. The Labute approximate surface area is 140 Å². The molecule has 1 aromatic rings. The molecule has 0 fully saturated rings. The average Bonchev–Trinajstić information content (AvgIpc) is 2.93. The Hall–Kier alpha value is -1.81. The molecule has 11 heteroatoms. The Bertz CT molecular complexity index is 791. The number of hydrogen-bond acceptors (Lipinski definition) is 6. The number of ketones is 1. The zero-order valence-electron chi connectivity index (χ0n) is 12.1. The first-order valence-corrected chi connectivity index (χ1v) is 8.79. The standard InChI is InChI=1S/C13H11ClF3NO5S/c1-24(20,21)23-12-4-7(13(15,16)17)2-3-8(12)11-5-9(18-22-11)10(19)6-14/h2-4,11H,5-6H2,1H3/t11-/m0/s1. The molecule has 0 saturated heterocycles. The molecule has 1 atom stereocenters. The number of nitrogens with zero attached hydrogens (tertiary/aromatic N) is 1. The number of alkyl halides is 4. The van der Waals surface area contributed by atoms with Crippen LogP contribution in [0.1, 0.15) is 23.7 Å². The monoisotopic (exact) mass is 385 g/mol. The molecule has 0 aromatic heterocycles. The third-order valence-corrected chi connectivity index (χ3v) is 3.77. The third kappa shape index (κ3) is 4.38.